The lowest BCUT2D eigenvalue weighted by Crippen LogP contribution is -2.51. The number of carbonyl (C=O) groups is 1. The maximum absolute atomic E-state index is 12.5. The normalized spacial score (nSPS) is 36.9. The molecule has 0 unspecified atom stereocenters. The molecule has 4 saturated carbocycles. The van der Waals surface area contributed by atoms with Crippen LogP contribution in [-0.2, 0) is 0 Å². The van der Waals surface area contributed by atoms with Gasteiger partial charge in [0, 0.05) is 13.6 Å². The average Bonchev–Trinajstić information content (AvgIpc) is 2.81. The number of aromatic nitrogens is 2. The Morgan fingerprint density at radius 3 is 2.38 bits per heavy atom. The van der Waals surface area contributed by atoms with Crippen molar-refractivity contribution in [3.05, 3.63) is 11.9 Å². The van der Waals surface area contributed by atoms with E-state index in [0.717, 1.165) is 24.3 Å². The number of amides is 1. The van der Waals surface area contributed by atoms with Gasteiger partial charge < -0.3 is 10.6 Å². The Bertz CT molecular complexity index is 529. The number of nitrogens with two attached hydrogens (primary N) is 1. The van der Waals surface area contributed by atoms with Crippen molar-refractivity contribution < 1.29 is 4.79 Å². The second kappa shape index (κ2) is 4.49. The molecule has 1 aromatic heterocycles. The van der Waals surface area contributed by atoms with E-state index in [9.17, 15) is 4.79 Å². The van der Waals surface area contributed by atoms with Crippen LogP contribution in [0.5, 0.6) is 0 Å². The zero-order chi connectivity index (χ0) is 14.6. The van der Waals surface area contributed by atoms with E-state index in [2.05, 4.69) is 10.2 Å². The molecule has 21 heavy (non-hydrogen) atoms. The molecule has 4 aliphatic rings. The molecule has 4 aliphatic carbocycles. The molecular weight excluding hydrogens is 264 g/mol. The van der Waals surface area contributed by atoms with Crippen LogP contribution in [0.1, 0.15) is 49.0 Å². The lowest BCUT2D eigenvalue weighted by molar-refractivity contribution is -0.0629. The fourth-order valence-electron chi connectivity index (χ4n) is 5.72. The SMILES string of the molecule is CN(CC12CC3CC(CC(C3)C1)C2)C(=O)c1[nH]ncc1N. The van der Waals surface area contributed by atoms with Crippen LogP contribution in [0, 0.1) is 23.2 Å². The highest BCUT2D eigenvalue weighted by Crippen LogP contribution is 2.60. The van der Waals surface area contributed by atoms with Crippen LogP contribution >= 0.6 is 0 Å². The smallest absolute Gasteiger partial charge is 0.273 e. The Morgan fingerprint density at radius 1 is 1.33 bits per heavy atom. The average molecular weight is 288 g/mol. The highest BCUT2D eigenvalue weighted by atomic mass is 16.2. The molecule has 0 atom stereocenters. The summed E-state index contributed by atoms with van der Waals surface area (Å²) in [7, 11) is 1.90. The summed E-state index contributed by atoms with van der Waals surface area (Å²) >= 11 is 0. The number of nitrogens with zero attached hydrogens (tertiary/aromatic N) is 2. The van der Waals surface area contributed by atoms with Gasteiger partial charge in [0.2, 0.25) is 0 Å². The number of hydrogen-bond acceptors (Lipinski definition) is 3. The number of hydrogen-bond donors (Lipinski definition) is 2. The van der Waals surface area contributed by atoms with Gasteiger partial charge in [0.1, 0.15) is 5.69 Å². The zero-order valence-corrected chi connectivity index (χ0v) is 12.6. The van der Waals surface area contributed by atoms with E-state index in [1.54, 1.807) is 0 Å². The summed E-state index contributed by atoms with van der Waals surface area (Å²) in [6.07, 6.45) is 9.75. The molecule has 5 rings (SSSR count). The van der Waals surface area contributed by atoms with Crippen molar-refractivity contribution in [3.8, 4) is 0 Å². The van der Waals surface area contributed by atoms with Gasteiger partial charge in [-0.25, -0.2) is 0 Å². The molecule has 1 aromatic rings. The molecule has 0 spiro atoms. The predicted octanol–water partition coefficient (Wildman–Crippen LogP) is 2.28. The third-order valence-electron chi connectivity index (χ3n) is 5.97. The van der Waals surface area contributed by atoms with Gasteiger partial charge in [0.05, 0.1) is 11.9 Å². The first-order valence-electron chi connectivity index (χ1n) is 8.09. The molecule has 5 heteroatoms. The molecule has 5 nitrogen and oxygen atoms in total. The predicted molar refractivity (Wildman–Crippen MR) is 80.6 cm³/mol. The third kappa shape index (κ3) is 2.14. The van der Waals surface area contributed by atoms with Crippen molar-refractivity contribution >= 4 is 11.6 Å². The quantitative estimate of drug-likeness (QED) is 0.896. The molecule has 0 aromatic carbocycles. The summed E-state index contributed by atoms with van der Waals surface area (Å²) in [5, 5.41) is 6.58. The van der Waals surface area contributed by atoms with E-state index in [-0.39, 0.29) is 5.91 Å². The minimum Gasteiger partial charge on any atom is -0.396 e. The van der Waals surface area contributed by atoms with Gasteiger partial charge in [-0.1, -0.05) is 0 Å². The first kappa shape index (κ1) is 13.2. The van der Waals surface area contributed by atoms with Crippen LogP contribution < -0.4 is 5.73 Å². The number of rotatable bonds is 3. The second-order valence-corrected chi connectivity index (χ2v) is 7.78. The number of carbonyl (C=O) groups excluding carboxylic acids is 1. The van der Waals surface area contributed by atoms with Crippen molar-refractivity contribution in [1.82, 2.24) is 15.1 Å². The van der Waals surface area contributed by atoms with Crippen molar-refractivity contribution in [3.63, 3.8) is 0 Å². The van der Waals surface area contributed by atoms with Crippen LogP contribution in [0.25, 0.3) is 0 Å². The second-order valence-electron chi connectivity index (χ2n) is 7.78. The van der Waals surface area contributed by atoms with Crippen molar-refractivity contribution in [2.24, 2.45) is 23.2 Å². The lowest BCUT2D eigenvalue weighted by Gasteiger charge is -2.57. The van der Waals surface area contributed by atoms with Crippen LogP contribution in [0.4, 0.5) is 5.69 Å². The number of aromatic amines is 1. The van der Waals surface area contributed by atoms with Gasteiger partial charge in [0.25, 0.3) is 5.91 Å². The zero-order valence-electron chi connectivity index (χ0n) is 12.6. The molecule has 0 aliphatic heterocycles. The van der Waals surface area contributed by atoms with E-state index in [1.165, 1.54) is 44.7 Å². The largest absolute Gasteiger partial charge is 0.396 e. The van der Waals surface area contributed by atoms with E-state index < -0.39 is 0 Å². The van der Waals surface area contributed by atoms with E-state index in [1.807, 2.05) is 11.9 Å². The topological polar surface area (TPSA) is 75.0 Å². The van der Waals surface area contributed by atoms with Gasteiger partial charge in [-0.3, -0.25) is 9.89 Å². The Balaban J connectivity index is 1.51. The summed E-state index contributed by atoms with van der Waals surface area (Å²) < 4.78 is 0. The molecule has 1 heterocycles. The molecule has 1 amide bonds. The lowest BCUT2D eigenvalue weighted by atomic mass is 9.49. The van der Waals surface area contributed by atoms with Gasteiger partial charge >= 0.3 is 0 Å². The summed E-state index contributed by atoms with van der Waals surface area (Å²) in [6.45, 7) is 0.869. The van der Waals surface area contributed by atoms with E-state index in [0.29, 0.717) is 16.8 Å². The molecule has 4 bridgehead atoms. The Kier molecular flexibility index (Phi) is 2.81. The number of H-pyrrole nitrogens is 1. The van der Waals surface area contributed by atoms with Gasteiger partial charge in [0.15, 0.2) is 0 Å². The highest BCUT2D eigenvalue weighted by molar-refractivity contribution is 5.96. The summed E-state index contributed by atoms with van der Waals surface area (Å²) in [5.74, 6) is 2.71. The maximum Gasteiger partial charge on any atom is 0.273 e. The number of nitrogen functional groups attached to an aromatic ring is 1. The van der Waals surface area contributed by atoms with Gasteiger partial charge in [-0.05, 0) is 61.7 Å². The Morgan fingerprint density at radius 2 is 1.90 bits per heavy atom. The maximum atomic E-state index is 12.5. The van der Waals surface area contributed by atoms with Crippen molar-refractivity contribution in [2.45, 2.75) is 38.5 Å². The molecule has 0 saturated heterocycles. The van der Waals surface area contributed by atoms with Crippen LogP contribution in [0.15, 0.2) is 6.20 Å². The molecule has 4 fully saturated rings. The summed E-state index contributed by atoms with van der Waals surface area (Å²) in [4.78, 5) is 14.4. The Labute approximate surface area is 125 Å². The number of anilines is 1. The molecule has 0 radical (unpaired) electrons. The fourth-order valence-corrected chi connectivity index (χ4v) is 5.72. The number of nitrogens with one attached hydrogen (secondary N) is 1. The Hall–Kier alpha value is -1.52. The van der Waals surface area contributed by atoms with Crippen LogP contribution in [0.3, 0.4) is 0 Å². The first-order chi connectivity index (χ1) is 10.0. The van der Waals surface area contributed by atoms with Gasteiger partial charge in [-0.2, -0.15) is 5.10 Å². The monoisotopic (exact) mass is 288 g/mol. The fraction of sp³-hybridized carbons (Fsp3) is 0.750. The van der Waals surface area contributed by atoms with Crippen molar-refractivity contribution in [2.75, 3.05) is 19.3 Å². The highest BCUT2D eigenvalue weighted by Gasteiger charge is 2.51. The minimum absolute atomic E-state index is 0.0271. The van der Waals surface area contributed by atoms with E-state index in [4.69, 9.17) is 5.73 Å². The summed E-state index contributed by atoms with van der Waals surface area (Å²) in [5.41, 5.74) is 7.04. The molecule has 3 N–H and O–H groups in total. The first-order valence-corrected chi connectivity index (χ1v) is 8.09. The van der Waals surface area contributed by atoms with Crippen LogP contribution in [0.2, 0.25) is 0 Å². The standard InChI is InChI=1S/C16H24N4O/c1-20(15(21)14-13(17)8-18-19-14)9-16-5-10-2-11(6-16)4-12(3-10)7-16/h8,10-12H,2-7,9,17H2,1H3,(H,18,19). The summed E-state index contributed by atoms with van der Waals surface area (Å²) in [6, 6.07) is 0. The van der Waals surface area contributed by atoms with Gasteiger partial charge in [-0.15, -0.1) is 0 Å². The van der Waals surface area contributed by atoms with E-state index >= 15 is 0 Å². The van der Waals surface area contributed by atoms with Crippen molar-refractivity contribution in [1.29, 1.82) is 0 Å². The van der Waals surface area contributed by atoms with Crippen LogP contribution in [-0.4, -0.2) is 34.6 Å². The molecular formula is C16H24N4O. The minimum atomic E-state index is -0.0271. The molecule has 114 valence electrons. The third-order valence-corrected chi connectivity index (χ3v) is 5.97.